The summed E-state index contributed by atoms with van der Waals surface area (Å²) in [6, 6.07) is 7.94. The second kappa shape index (κ2) is 10.9. The van der Waals surface area contributed by atoms with E-state index in [4.69, 9.17) is 18.9 Å². The second-order valence-electron chi connectivity index (χ2n) is 6.12. The average molecular weight is 416 g/mol. The van der Waals surface area contributed by atoms with Crippen molar-refractivity contribution in [2.24, 2.45) is 5.10 Å². The largest absolute Gasteiger partial charge is 0.507 e. The Balaban J connectivity index is 2.32. The summed E-state index contributed by atoms with van der Waals surface area (Å²) in [6.07, 6.45) is 0. The van der Waals surface area contributed by atoms with Gasteiger partial charge in [0.1, 0.15) is 11.5 Å². The van der Waals surface area contributed by atoms with Gasteiger partial charge < -0.3 is 24.1 Å². The van der Waals surface area contributed by atoms with Gasteiger partial charge in [0.2, 0.25) is 5.75 Å². The van der Waals surface area contributed by atoms with Gasteiger partial charge in [-0.05, 0) is 58.0 Å². The van der Waals surface area contributed by atoms with Gasteiger partial charge in [0.05, 0.1) is 32.6 Å². The van der Waals surface area contributed by atoms with Crippen LogP contribution in [0.1, 0.15) is 43.6 Å². The maximum absolute atomic E-state index is 12.7. The molecule has 2 aromatic carbocycles. The molecule has 0 heterocycles. The second-order valence-corrected chi connectivity index (χ2v) is 6.12. The van der Waals surface area contributed by atoms with Gasteiger partial charge in [-0.2, -0.15) is 5.10 Å². The van der Waals surface area contributed by atoms with Crippen LogP contribution < -0.4 is 24.4 Å². The van der Waals surface area contributed by atoms with E-state index in [-0.39, 0.29) is 5.75 Å². The summed E-state index contributed by atoms with van der Waals surface area (Å²) >= 11 is 0. The highest BCUT2D eigenvalue weighted by Gasteiger charge is 2.18. The number of carbonyl (C=O) groups excluding carboxylic acids is 1. The topological polar surface area (TPSA) is 98.6 Å². The van der Waals surface area contributed by atoms with E-state index in [1.165, 1.54) is 13.2 Å². The number of phenols is 1. The summed E-state index contributed by atoms with van der Waals surface area (Å²) in [5.74, 6) is 1.44. The molecule has 2 N–H and O–H groups in total. The van der Waals surface area contributed by atoms with Crippen LogP contribution in [-0.4, -0.2) is 43.7 Å². The number of ether oxygens (including phenoxy) is 4. The fourth-order valence-electron chi connectivity index (χ4n) is 2.71. The summed E-state index contributed by atoms with van der Waals surface area (Å²) in [7, 11) is 1.53. The van der Waals surface area contributed by atoms with Gasteiger partial charge in [-0.25, -0.2) is 5.43 Å². The molecule has 1 amide bonds. The molecule has 162 valence electrons. The molecule has 2 aromatic rings. The number of phenolic OH excluding ortho intramolecular Hbond substituents is 1. The third-order valence-corrected chi connectivity index (χ3v) is 4.09. The van der Waals surface area contributed by atoms with Crippen LogP contribution in [0, 0.1) is 0 Å². The van der Waals surface area contributed by atoms with Crippen LogP contribution in [0.25, 0.3) is 0 Å². The number of benzene rings is 2. The standard InChI is InChI=1S/C22H28N2O6/c1-6-28-19-11-15(12-20(29-7-2)21(19)30-8-3)22(26)24-23-14(4)17-13-16(27-5)9-10-18(17)25/h9-13,25H,6-8H2,1-5H3,(H,24,26)/b23-14+. The number of hydrazone groups is 1. The lowest BCUT2D eigenvalue weighted by Crippen LogP contribution is -2.20. The minimum atomic E-state index is -0.457. The van der Waals surface area contributed by atoms with Crippen LogP contribution in [0.2, 0.25) is 0 Å². The van der Waals surface area contributed by atoms with E-state index in [1.807, 2.05) is 20.8 Å². The van der Waals surface area contributed by atoms with Crippen molar-refractivity contribution < 1.29 is 28.8 Å². The lowest BCUT2D eigenvalue weighted by atomic mass is 10.1. The molecule has 0 aromatic heterocycles. The summed E-state index contributed by atoms with van der Waals surface area (Å²) in [5.41, 5.74) is 3.67. The number of hydrogen-bond donors (Lipinski definition) is 2. The molecule has 0 unspecified atom stereocenters. The molecule has 8 nitrogen and oxygen atoms in total. The Morgan fingerprint density at radius 1 is 1.00 bits per heavy atom. The molecule has 0 atom stereocenters. The molecule has 0 aliphatic rings. The molecule has 0 saturated heterocycles. The van der Waals surface area contributed by atoms with Crippen molar-refractivity contribution in [3.63, 3.8) is 0 Å². The maximum Gasteiger partial charge on any atom is 0.271 e. The molecule has 30 heavy (non-hydrogen) atoms. The number of methoxy groups -OCH3 is 1. The van der Waals surface area contributed by atoms with Gasteiger partial charge in [-0.1, -0.05) is 0 Å². The van der Waals surface area contributed by atoms with Crippen molar-refractivity contribution in [2.45, 2.75) is 27.7 Å². The summed E-state index contributed by atoms with van der Waals surface area (Å²) in [6.45, 7) is 8.46. The molecule has 0 bridgehead atoms. The van der Waals surface area contributed by atoms with Crippen LogP contribution in [0.15, 0.2) is 35.4 Å². The first-order valence-corrected chi connectivity index (χ1v) is 9.73. The molecule has 0 radical (unpaired) electrons. The number of aromatic hydroxyl groups is 1. The zero-order valence-corrected chi connectivity index (χ0v) is 17.9. The van der Waals surface area contributed by atoms with Crippen molar-refractivity contribution >= 4 is 11.6 Å². The fourth-order valence-corrected chi connectivity index (χ4v) is 2.71. The predicted octanol–water partition coefficient (Wildman–Crippen LogP) is 3.75. The van der Waals surface area contributed by atoms with Crippen molar-refractivity contribution in [1.82, 2.24) is 5.43 Å². The van der Waals surface area contributed by atoms with Crippen molar-refractivity contribution in [3.8, 4) is 28.7 Å². The molecule has 8 heteroatoms. The van der Waals surface area contributed by atoms with Gasteiger partial charge >= 0.3 is 0 Å². The lowest BCUT2D eigenvalue weighted by molar-refractivity contribution is 0.0953. The normalized spacial score (nSPS) is 11.0. The molecule has 0 fully saturated rings. The Morgan fingerprint density at radius 2 is 1.60 bits per heavy atom. The Hall–Kier alpha value is -3.42. The summed E-state index contributed by atoms with van der Waals surface area (Å²) in [5, 5.41) is 14.2. The molecule has 0 aliphatic carbocycles. The fraction of sp³-hybridized carbons (Fsp3) is 0.364. The van der Waals surface area contributed by atoms with Gasteiger partial charge in [0.15, 0.2) is 11.5 Å². The molecule has 0 spiro atoms. The minimum Gasteiger partial charge on any atom is -0.507 e. The first kappa shape index (κ1) is 22.9. The van der Waals surface area contributed by atoms with E-state index in [0.29, 0.717) is 59.7 Å². The number of nitrogens with one attached hydrogen (secondary N) is 1. The van der Waals surface area contributed by atoms with Crippen molar-refractivity contribution in [3.05, 3.63) is 41.5 Å². The Bertz CT molecular complexity index is 883. The first-order valence-electron chi connectivity index (χ1n) is 9.73. The van der Waals surface area contributed by atoms with E-state index in [9.17, 15) is 9.90 Å². The van der Waals surface area contributed by atoms with Crippen LogP contribution in [0.3, 0.4) is 0 Å². The highest BCUT2D eigenvalue weighted by Crippen LogP contribution is 2.39. The monoisotopic (exact) mass is 416 g/mol. The predicted molar refractivity (Wildman–Crippen MR) is 114 cm³/mol. The first-order chi connectivity index (χ1) is 14.4. The average Bonchev–Trinajstić information content (AvgIpc) is 2.74. The quantitative estimate of drug-likeness (QED) is 0.452. The Labute approximate surface area is 176 Å². The highest BCUT2D eigenvalue weighted by atomic mass is 16.5. The van der Waals surface area contributed by atoms with Crippen LogP contribution in [-0.2, 0) is 0 Å². The number of nitrogens with zero attached hydrogens (tertiary/aromatic N) is 1. The number of hydrogen-bond acceptors (Lipinski definition) is 7. The third-order valence-electron chi connectivity index (χ3n) is 4.09. The van der Waals surface area contributed by atoms with Crippen LogP contribution in [0.4, 0.5) is 0 Å². The lowest BCUT2D eigenvalue weighted by Gasteiger charge is -2.16. The molecular weight excluding hydrogens is 388 g/mol. The number of amides is 1. The van der Waals surface area contributed by atoms with Gasteiger partial charge in [-0.15, -0.1) is 0 Å². The molecule has 2 rings (SSSR count). The minimum absolute atomic E-state index is 0.0321. The van der Waals surface area contributed by atoms with E-state index < -0.39 is 5.91 Å². The summed E-state index contributed by atoms with van der Waals surface area (Å²) in [4.78, 5) is 12.7. The van der Waals surface area contributed by atoms with Crippen LogP contribution >= 0.6 is 0 Å². The smallest absolute Gasteiger partial charge is 0.271 e. The maximum atomic E-state index is 12.7. The van der Waals surface area contributed by atoms with Gasteiger partial charge in [0.25, 0.3) is 5.91 Å². The van der Waals surface area contributed by atoms with E-state index in [2.05, 4.69) is 10.5 Å². The summed E-state index contributed by atoms with van der Waals surface area (Å²) < 4.78 is 22.1. The Morgan fingerprint density at radius 3 is 2.13 bits per heavy atom. The zero-order valence-electron chi connectivity index (χ0n) is 17.9. The third kappa shape index (κ3) is 5.56. The van der Waals surface area contributed by atoms with Gasteiger partial charge in [0, 0.05) is 11.1 Å². The molecule has 0 aliphatic heterocycles. The van der Waals surface area contributed by atoms with Crippen molar-refractivity contribution in [1.29, 1.82) is 0 Å². The SMILES string of the molecule is CCOc1cc(C(=O)N/N=C(\C)c2cc(OC)ccc2O)cc(OCC)c1OCC. The number of carbonyl (C=O) groups is 1. The molecule has 0 saturated carbocycles. The van der Waals surface area contributed by atoms with Gasteiger partial charge in [-0.3, -0.25) is 4.79 Å². The van der Waals surface area contributed by atoms with E-state index in [1.54, 1.807) is 31.2 Å². The van der Waals surface area contributed by atoms with Crippen molar-refractivity contribution in [2.75, 3.05) is 26.9 Å². The Kier molecular flexibility index (Phi) is 8.34. The van der Waals surface area contributed by atoms with E-state index in [0.717, 1.165) is 0 Å². The van der Waals surface area contributed by atoms with E-state index >= 15 is 0 Å². The van der Waals surface area contributed by atoms with Crippen LogP contribution in [0.5, 0.6) is 28.7 Å². The molecular formula is C22H28N2O6. The zero-order chi connectivity index (χ0) is 22.1. The number of rotatable bonds is 10. The highest BCUT2D eigenvalue weighted by molar-refractivity contribution is 6.03.